The van der Waals surface area contributed by atoms with Crippen LogP contribution in [0.15, 0.2) is 18.2 Å². The number of hydrogen-bond donors (Lipinski definition) is 2. The Morgan fingerprint density at radius 1 is 1.23 bits per heavy atom. The topological polar surface area (TPSA) is 44.9 Å². The molecule has 1 aromatic carbocycles. The summed E-state index contributed by atoms with van der Waals surface area (Å²) in [5.74, 6) is -0.00679. The standard InChI is InChI=1S/C18H17IN2O/c1-10-14(19)6-7-16-17(10)13(18(22)21-16)9-12-8-11-4-2-3-5-15(11)20-12/h6-9,20H,2-5H2,1H3,(H,21,22). The van der Waals surface area contributed by atoms with Crippen LogP contribution in [0.5, 0.6) is 0 Å². The molecule has 0 saturated carbocycles. The zero-order chi connectivity index (χ0) is 15.3. The monoisotopic (exact) mass is 404 g/mol. The van der Waals surface area contributed by atoms with E-state index in [-0.39, 0.29) is 5.91 Å². The van der Waals surface area contributed by atoms with E-state index in [0.29, 0.717) is 0 Å². The Balaban J connectivity index is 1.82. The molecule has 0 saturated heterocycles. The molecule has 2 aliphatic rings. The van der Waals surface area contributed by atoms with Gasteiger partial charge in [-0.15, -0.1) is 0 Å². The Morgan fingerprint density at radius 3 is 2.86 bits per heavy atom. The summed E-state index contributed by atoms with van der Waals surface area (Å²) < 4.78 is 1.18. The highest BCUT2D eigenvalue weighted by atomic mass is 127. The maximum absolute atomic E-state index is 12.3. The van der Waals surface area contributed by atoms with Crippen molar-refractivity contribution in [2.45, 2.75) is 32.6 Å². The van der Waals surface area contributed by atoms with Gasteiger partial charge in [0, 0.05) is 26.2 Å². The fourth-order valence-electron chi connectivity index (χ4n) is 3.44. The van der Waals surface area contributed by atoms with Crippen molar-refractivity contribution in [1.82, 2.24) is 4.98 Å². The minimum Gasteiger partial charge on any atom is -0.359 e. The molecule has 1 aromatic heterocycles. The lowest BCUT2D eigenvalue weighted by Gasteiger charge is -2.08. The molecule has 0 atom stereocenters. The summed E-state index contributed by atoms with van der Waals surface area (Å²) in [6.07, 6.45) is 6.79. The molecular formula is C18H17IN2O. The van der Waals surface area contributed by atoms with Gasteiger partial charge in [0.1, 0.15) is 0 Å². The maximum Gasteiger partial charge on any atom is 0.256 e. The third kappa shape index (κ3) is 2.20. The van der Waals surface area contributed by atoms with E-state index in [1.807, 2.05) is 18.2 Å². The van der Waals surface area contributed by atoms with Gasteiger partial charge in [0.15, 0.2) is 0 Å². The highest BCUT2D eigenvalue weighted by Crippen LogP contribution is 2.37. The van der Waals surface area contributed by atoms with E-state index in [0.717, 1.165) is 35.4 Å². The Morgan fingerprint density at radius 2 is 2.05 bits per heavy atom. The summed E-state index contributed by atoms with van der Waals surface area (Å²) in [5, 5.41) is 2.97. The molecule has 4 heteroatoms. The molecule has 22 heavy (non-hydrogen) atoms. The largest absolute Gasteiger partial charge is 0.359 e. The minimum atomic E-state index is -0.00679. The van der Waals surface area contributed by atoms with Gasteiger partial charge >= 0.3 is 0 Å². The number of rotatable bonds is 1. The molecule has 2 aromatic rings. The lowest BCUT2D eigenvalue weighted by Crippen LogP contribution is -2.03. The summed E-state index contributed by atoms with van der Waals surface area (Å²) >= 11 is 2.32. The first-order chi connectivity index (χ1) is 10.6. The molecule has 0 bridgehead atoms. The summed E-state index contributed by atoms with van der Waals surface area (Å²) in [7, 11) is 0. The second-order valence-electron chi connectivity index (χ2n) is 6.04. The SMILES string of the molecule is Cc1c(I)ccc2c1C(=Cc1cc3c([nH]1)CCCC3)C(=O)N2. The van der Waals surface area contributed by atoms with Gasteiger partial charge in [-0.2, -0.15) is 0 Å². The molecule has 3 nitrogen and oxygen atoms in total. The van der Waals surface area contributed by atoms with Crippen molar-refractivity contribution >= 4 is 45.8 Å². The van der Waals surface area contributed by atoms with Crippen molar-refractivity contribution in [3.05, 3.63) is 49.8 Å². The Labute approximate surface area is 143 Å². The molecular weight excluding hydrogens is 387 g/mol. The number of H-pyrrole nitrogens is 1. The Hall–Kier alpha value is -1.56. The average Bonchev–Trinajstić information content (AvgIpc) is 3.05. The lowest BCUT2D eigenvalue weighted by atomic mass is 9.98. The number of carbonyl (C=O) groups is 1. The summed E-state index contributed by atoms with van der Waals surface area (Å²) in [6, 6.07) is 6.24. The van der Waals surface area contributed by atoms with Gasteiger partial charge in [-0.25, -0.2) is 0 Å². The zero-order valence-corrected chi connectivity index (χ0v) is 14.6. The van der Waals surface area contributed by atoms with E-state index >= 15 is 0 Å². The number of aryl methyl sites for hydroxylation is 2. The normalized spacial score (nSPS) is 18.3. The van der Waals surface area contributed by atoms with Crippen LogP contribution in [0, 0.1) is 10.5 Å². The summed E-state index contributed by atoms with van der Waals surface area (Å²) in [6.45, 7) is 2.08. The van der Waals surface area contributed by atoms with Crippen molar-refractivity contribution < 1.29 is 4.79 Å². The van der Waals surface area contributed by atoms with E-state index in [9.17, 15) is 4.79 Å². The fraction of sp³-hybridized carbons (Fsp3) is 0.278. The first-order valence-corrected chi connectivity index (χ1v) is 8.74. The fourth-order valence-corrected chi connectivity index (χ4v) is 3.89. The van der Waals surface area contributed by atoms with Crippen LogP contribution in [-0.2, 0) is 17.6 Å². The molecule has 112 valence electrons. The summed E-state index contributed by atoms with van der Waals surface area (Å²) in [4.78, 5) is 15.8. The van der Waals surface area contributed by atoms with E-state index in [1.165, 1.54) is 33.2 Å². The van der Waals surface area contributed by atoms with Crippen molar-refractivity contribution in [3.8, 4) is 0 Å². The highest BCUT2D eigenvalue weighted by Gasteiger charge is 2.27. The molecule has 1 aliphatic carbocycles. The molecule has 0 spiro atoms. The van der Waals surface area contributed by atoms with E-state index < -0.39 is 0 Å². The number of aromatic nitrogens is 1. The van der Waals surface area contributed by atoms with Crippen molar-refractivity contribution in [2.24, 2.45) is 0 Å². The van der Waals surface area contributed by atoms with Gasteiger partial charge in [0.05, 0.1) is 5.57 Å². The molecule has 1 amide bonds. The maximum atomic E-state index is 12.3. The van der Waals surface area contributed by atoms with Crippen molar-refractivity contribution in [3.63, 3.8) is 0 Å². The van der Waals surface area contributed by atoms with E-state index in [2.05, 4.69) is 45.9 Å². The number of carbonyl (C=O) groups excluding carboxylic acids is 1. The first-order valence-electron chi connectivity index (χ1n) is 7.67. The molecule has 2 N–H and O–H groups in total. The molecule has 0 unspecified atom stereocenters. The highest BCUT2D eigenvalue weighted by molar-refractivity contribution is 14.1. The van der Waals surface area contributed by atoms with Crippen molar-refractivity contribution in [2.75, 3.05) is 5.32 Å². The van der Waals surface area contributed by atoms with Crippen LogP contribution < -0.4 is 5.32 Å². The van der Waals surface area contributed by atoms with Gasteiger partial charge < -0.3 is 10.3 Å². The number of hydrogen-bond acceptors (Lipinski definition) is 1. The van der Waals surface area contributed by atoms with Crippen LogP contribution in [-0.4, -0.2) is 10.9 Å². The first kappa shape index (κ1) is 14.1. The van der Waals surface area contributed by atoms with Gasteiger partial charge in [-0.1, -0.05) is 0 Å². The van der Waals surface area contributed by atoms with Gasteiger partial charge in [-0.05, 0) is 90.6 Å². The number of amides is 1. The Kier molecular flexibility index (Phi) is 3.36. The summed E-state index contributed by atoms with van der Waals surface area (Å²) in [5.41, 5.74) is 7.70. The van der Waals surface area contributed by atoms with Gasteiger partial charge in [0.2, 0.25) is 0 Å². The average molecular weight is 404 g/mol. The van der Waals surface area contributed by atoms with Crippen LogP contribution >= 0.6 is 22.6 Å². The molecule has 1 aliphatic heterocycles. The van der Waals surface area contributed by atoms with Crippen LogP contribution in [0.4, 0.5) is 5.69 Å². The van der Waals surface area contributed by atoms with E-state index in [1.54, 1.807) is 0 Å². The predicted molar refractivity (Wildman–Crippen MR) is 97.8 cm³/mol. The number of benzene rings is 1. The minimum absolute atomic E-state index is 0.00679. The quantitative estimate of drug-likeness (QED) is 0.541. The number of halogens is 1. The third-order valence-corrected chi connectivity index (χ3v) is 5.77. The third-order valence-electron chi connectivity index (χ3n) is 4.60. The zero-order valence-electron chi connectivity index (χ0n) is 12.4. The van der Waals surface area contributed by atoms with Crippen LogP contribution in [0.1, 0.15) is 40.9 Å². The molecule has 0 radical (unpaired) electrons. The van der Waals surface area contributed by atoms with E-state index in [4.69, 9.17) is 0 Å². The molecule has 4 rings (SSSR count). The number of anilines is 1. The van der Waals surface area contributed by atoms with Crippen molar-refractivity contribution in [1.29, 1.82) is 0 Å². The Bertz CT molecular complexity index is 793. The van der Waals surface area contributed by atoms with Gasteiger partial charge in [0.25, 0.3) is 5.91 Å². The van der Waals surface area contributed by atoms with Gasteiger partial charge in [-0.3, -0.25) is 4.79 Å². The number of nitrogens with one attached hydrogen (secondary N) is 2. The number of aromatic amines is 1. The van der Waals surface area contributed by atoms with Crippen LogP contribution in [0.3, 0.4) is 0 Å². The lowest BCUT2D eigenvalue weighted by molar-refractivity contribution is -0.110. The molecule has 2 heterocycles. The smallest absolute Gasteiger partial charge is 0.256 e. The number of fused-ring (bicyclic) bond motifs is 2. The van der Waals surface area contributed by atoms with Crippen LogP contribution in [0.2, 0.25) is 0 Å². The second kappa shape index (κ2) is 5.26. The van der Waals surface area contributed by atoms with Crippen LogP contribution in [0.25, 0.3) is 11.6 Å². The molecule has 0 fully saturated rings. The second-order valence-corrected chi connectivity index (χ2v) is 7.20. The predicted octanol–water partition coefficient (Wildman–Crippen LogP) is 4.30.